The lowest BCUT2D eigenvalue weighted by atomic mass is 9.97. The topological polar surface area (TPSA) is 25.2 Å². The summed E-state index contributed by atoms with van der Waals surface area (Å²) in [7, 11) is 1.80. The lowest BCUT2D eigenvalue weighted by Gasteiger charge is -2.18. The van der Waals surface area contributed by atoms with Crippen LogP contribution in [-0.4, -0.2) is 7.05 Å². The highest BCUT2D eigenvalue weighted by atomic mass is 35.5. The molecule has 2 nitrogen and oxygen atoms in total. The molecule has 17 heavy (non-hydrogen) atoms. The number of furan rings is 1. The van der Waals surface area contributed by atoms with Crippen LogP contribution in [0.2, 0.25) is 5.22 Å². The quantitative estimate of drug-likeness (QED) is 0.903. The highest BCUT2D eigenvalue weighted by molar-refractivity contribution is 6.29. The minimum Gasteiger partial charge on any atom is -0.453 e. The molecule has 1 aromatic carbocycles. The predicted octanol–water partition coefficient (Wildman–Crippen LogP) is 3.69. The second-order valence-electron chi connectivity index (χ2n) is 3.87. The Kier molecular flexibility index (Phi) is 3.50. The normalized spacial score (nSPS) is 12.7. The van der Waals surface area contributed by atoms with E-state index in [-0.39, 0.29) is 11.9 Å². The fraction of sp³-hybridized carbons (Fsp3) is 0.231. The van der Waals surface area contributed by atoms with E-state index in [4.69, 9.17) is 16.0 Å². The van der Waals surface area contributed by atoms with Crippen molar-refractivity contribution < 1.29 is 8.81 Å². The molecule has 0 spiro atoms. The van der Waals surface area contributed by atoms with Gasteiger partial charge in [0, 0.05) is 5.56 Å². The van der Waals surface area contributed by atoms with Crippen molar-refractivity contribution in [1.29, 1.82) is 0 Å². The van der Waals surface area contributed by atoms with Crippen molar-refractivity contribution in [1.82, 2.24) is 5.32 Å². The van der Waals surface area contributed by atoms with E-state index in [2.05, 4.69) is 5.32 Å². The molecule has 0 bridgehead atoms. The molecule has 1 unspecified atom stereocenters. The second kappa shape index (κ2) is 4.90. The molecule has 0 aliphatic carbocycles. The summed E-state index contributed by atoms with van der Waals surface area (Å²) >= 11 is 5.95. The molecule has 1 heterocycles. The maximum Gasteiger partial charge on any atom is 0.198 e. The SMILES string of the molecule is CNC(c1cc(F)ccc1C)c1ccoc1Cl. The van der Waals surface area contributed by atoms with Crippen LogP contribution in [0.1, 0.15) is 22.7 Å². The minimum absolute atomic E-state index is 0.169. The number of aryl methyl sites for hydroxylation is 1. The van der Waals surface area contributed by atoms with E-state index in [1.165, 1.54) is 18.4 Å². The van der Waals surface area contributed by atoms with Gasteiger partial charge in [-0.15, -0.1) is 0 Å². The molecule has 0 saturated carbocycles. The molecule has 0 amide bonds. The first-order chi connectivity index (χ1) is 8.13. The Hall–Kier alpha value is -1.32. The fourth-order valence-electron chi connectivity index (χ4n) is 1.91. The number of hydrogen-bond acceptors (Lipinski definition) is 2. The Morgan fingerprint density at radius 1 is 1.29 bits per heavy atom. The van der Waals surface area contributed by atoms with E-state index in [0.29, 0.717) is 5.22 Å². The van der Waals surface area contributed by atoms with Gasteiger partial charge in [0.05, 0.1) is 12.3 Å². The lowest BCUT2D eigenvalue weighted by molar-refractivity contribution is 0.558. The average Bonchev–Trinajstić information content (AvgIpc) is 2.71. The fourth-order valence-corrected chi connectivity index (χ4v) is 2.13. The highest BCUT2D eigenvalue weighted by Gasteiger charge is 2.19. The zero-order valence-electron chi connectivity index (χ0n) is 9.63. The molecule has 0 aliphatic heterocycles. The number of rotatable bonds is 3. The van der Waals surface area contributed by atoms with Gasteiger partial charge in [-0.25, -0.2) is 4.39 Å². The first-order valence-corrected chi connectivity index (χ1v) is 5.67. The Balaban J connectivity index is 2.49. The molecule has 2 rings (SSSR count). The maximum atomic E-state index is 13.3. The van der Waals surface area contributed by atoms with Crippen molar-refractivity contribution >= 4 is 11.6 Å². The number of nitrogens with one attached hydrogen (secondary N) is 1. The first-order valence-electron chi connectivity index (χ1n) is 5.29. The van der Waals surface area contributed by atoms with Crippen LogP contribution in [0.3, 0.4) is 0 Å². The summed E-state index contributed by atoms with van der Waals surface area (Å²) in [4.78, 5) is 0. The van der Waals surface area contributed by atoms with E-state index in [9.17, 15) is 4.39 Å². The molecule has 0 radical (unpaired) electrons. The number of benzene rings is 1. The summed E-state index contributed by atoms with van der Waals surface area (Å²) in [6, 6.07) is 6.33. The van der Waals surface area contributed by atoms with Crippen LogP contribution < -0.4 is 5.32 Å². The third-order valence-electron chi connectivity index (χ3n) is 2.80. The average molecular weight is 254 g/mol. The van der Waals surface area contributed by atoms with Crippen LogP contribution in [0.5, 0.6) is 0 Å². The van der Waals surface area contributed by atoms with Crippen molar-refractivity contribution in [3.05, 3.63) is 58.3 Å². The van der Waals surface area contributed by atoms with Gasteiger partial charge in [0.15, 0.2) is 5.22 Å². The summed E-state index contributed by atoms with van der Waals surface area (Å²) in [6.07, 6.45) is 1.52. The Bertz CT molecular complexity index is 524. The molecule has 2 aromatic rings. The van der Waals surface area contributed by atoms with Crippen LogP contribution >= 0.6 is 11.6 Å². The zero-order valence-corrected chi connectivity index (χ0v) is 10.4. The predicted molar refractivity (Wildman–Crippen MR) is 65.8 cm³/mol. The van der Waals surface area contributed by atoms with E-state index in [0.717, 1.165) is 16.7 Å². The van der Waals surface area contributed by atoms with Crippen LogP contribution in [0.4, 0.5) is 4.39 Å². The Morgan fingerprint density at radius 2 is 2.06 bits per heavy atom. The minimum atomic E-state index is -0.259. The Labute approximate surface area is 104 Å². The van der Waals surface area contributed by atoms with Crippen molar-refractivity contribution in [2.45, 2.75) is 13.0 Å². The van der Waals surface area contributed by atoms with Gasteiger partial charge in [-0.2, -0.15) is 0 Å². The summed E-state index contributed by atoms with van der Waals surface area (Å²) < 4.78 is 18.4. The Morgan fingerprint density at radius 3 is 2.65 bits per heavy atom. The molecule has 90 valence electrons. The molecule has 1 atom stereocenters. The summed E-state index contributed by atoms with van der Waals surface area (Å²) in [5, 5.41) is 3.45. The van der Waals surface area contributed by atoms with Gasteiger partial charge in [-0.3, -0.25) is 0 Å². The molecule has 1 N–H and O–H groups in total. The standard InChI is InChI=1S/C13H13ClFNO/c1-8-3-4-9(15)7-11(8)12(16-2)10-5-6-17-13(10)14/h3-7,12,16H,1-2H3. The molecule has 0 fully saturated rings. The lowest BCUT2D eigenvalue weighted by Crippen LogP contribution is -2.18. The van der Waals surface area contributed by atoms with E-state index in [1.54, 1.807) is 19.2 Å². The largest absolute Gasteiger partial charge is 0.453 e. The van der Waals surface area contributed by atoms with E-state index >= 15 is 0 Å². The van der Waals surface area contributed by atoms with Crippen LogP contribution in [0.25, 0.3) is 0 Å². The zero-order chi connectivity index (χ0) is 12.4. The van der Waals surface area contributed by atoms with Gasteiger partial charge < -0.3 is 9.73 Å². The molecular weight excluding hydrogens is 241 g/mol. The molecule has 4 heteroatoms. The van der Waals surface area contributed by atoms with Gasteiger partial charge in [-0.05, 0) is 54.9 Å². The van der Waals surface area contributed by atoms with Gasteiger partial charge in [0.1, 0.15) is 5.82 Å². The van der Waals surface area contributed by atoms with Crippen LogP contribution in [0.15, 0.2) is 34.9 Å². The summed E-state index contributed by atoms with van der Waals surface area (Å²) in [5.41, 5.74) is 2.67. The summed E-state index contributed by atoms with van der Waals surface area (Å²) in [5.74, 6) is -0.259. The van der Waals surface area contributed by atoms with Gasteiger partial charge >= 0.3 is 0 Å². The van der Waals surface area contributed by atoms with Gasteiger partial charge in [-0.1, -0.05) is 6.07 Å². The smallest absolute Gasteiger partial charge is 0.198 e. The van der Waals surface area contributed by atoms with E-state index in [1.807, 2.05) is 6.92 Å². The molecule has 0 aliphatic rings. The summed E-state index contributed by atoms with van der Waals surface area (Å²) in [6.45, 7) is 1.94. The van der Waals surface area contributed by atoms with Crippen molar-refractivity contribution in [2.24, 2.45) is 0 Å². The van der Waals surface area contributed by atoms with Crippen LogP contribution in [-0.2, 0) is 0 Å². The first kappa shape index (κ1) is 12.1. The monoisotopic (exact) mass is 253 g/mol. The number of hydrogen-bond donors (Lipinski definition) is 1. The molecule has 1 aromatic heterocycles. The van der Waals surface area contributed by atoms with Gasteiger partial charge in [0.25, 0.3) is 0 Å². The van der Waals surface area contributed by atoms with Crippen molar-refractivity contribution in [3.63, 3.8) is 0 Å². The molecule has 0 saturated heterocycles. The van der Waals surface area contributed by atoms with Crippen molar-refractivity contribution in [2.75, 3.05) is 7.05 Å². The van der Waals surface area contributed by atoms with Crippen molar-refractivity contribution in [3.8, 4) is 0 Å². The number of halogens is 2. The van der Waals surface area contributed by atoms with Crippen LogP contribution in [0, 0.1) is 12.7 Å². The second-order valence-corrected chi connectivity index (χ2v) is 4.22. The maximum absolute atomic E-state index is 13.3. The highest BCUT2D eigenvalue weighted by Crippen LogP contribution is 2.30. The third kappa shape index (κ3) is 2.35. The van der Waals surface area contributed by atoms with E-state index < -0.39 is 0 Å². The van der Waals surface area contributed by atoms with Gasteiger partial charge in [0.2, 0.25) is 0 Å². The molecular formula is C13H13ClFNO. The third-order valence-corrected chi connectivity index (χ3v) is 3.11.